The summed E-state index contributed by atoms with van der Waals surface area (Å²) in [6, 6.07) is 17.1. The van der Waals surface area contributed by atoms with Gasteiger partial charge >= 0.3 is 5.97 Å². The van der Waals surface area contributed by atoms with E-state index in [1.807, 2.05) is 93.3 Å². The molecular formula is C48H65N3O9. The number of ketones is 3. The van der Waals surface area contributed by atoms with Crippen molar-refractivity contribution in [1.29, 1.82) is 0 Å². The van der Waals surface area contributed by atoms with E-state index in [0.29, 0.717) is 45.6 Å². The number of amides is 2. The molecular weight excluding hydrogens is 763 g/mol. The Hall–Kier alpha value is -4.70. The molecule has 60 heavy (non-hydrogen) atoms. The Balaban J connectivity index is 1.68. The van der Waals surface area contributed by atoms with Crippen molar-refractivity contribution in [3.63, 3.8) is 0 Å². The van der Waals surface area contributed by atoms with Gasteiger partial charge in [-0.15, -0.1) is 12.3 Å². The van der Waals surface area contributed by atoms with Crippen molar-refractivity contribution in [3.8, 4) is 12.3 Å². The molecule has 0 spiro atoms. The summed E-state index contributed by atoms with van der Waals surface area (Å²) in [7, 11) is 0. The molecule has 0 bridgehead atoms. The number of rotatable bonds is 26. The fraction of sp³-hybridized carbons (Fsp3) is 0.583. The summed E-state index contributed by atoms with van der Waals surface area (Å²) in [6.07, 6.45) is 6.78. The van der Waals surface area contributed by atoms with Crippen LogP contribution in [0.25, 0.3) is 0 Å². The van der Waals surface area contributed by atoms with Gasteiger partial charge in [0.05, 0.1) is 44.9 Å². The second-order valence-corrected chi connectivity index (χ2v) is 17.3. The lowest BCUT2D eigenvalue weighted by Gasteiger charge is -2.35. The van der Waals surface area contributed by atoms with Crippen LogP contribution in [-0.4, -0.2) is 109 Å². The lowest BCUT2D eigenvalue weighted by molar-refractivity contribution is -0.161. The van der Waals surface area contributed by atoms with E-state index >= 15 is 4.79 Å². The zero-order valence-corrected chi connectivity index (χ0v) is 36.2. The Morgan fingerprint density at radius 3 is 2.08 bits per heavy atom. The quantitative estimate of drug-likeness (QED) is 0.0566. The molecule has 0 aromatic heterocycles. The Morgan fingerprint density at radius 1 is 0.883 bits per heavy atom. The molecule has 0 aliphatic carbocycles. The normalized spacial score (nSPS) is 18.4. The maximum absolute atomic E-state index is 15.0. The Morgan fingerprint density at radius 2 is 1.50 bits per heavy atom. The zero-order valence-electron chi connectivity index (χ0n) is 36.2. The van der Waals surface area contributed by atoms with E-state index in [1.54, 1.807) is 6.92 Å². The summed E-state index contributed by atoms with van der Waals surface area (Å²) in [5.74, 6) is -1.57. The SMILES string of the molecule is C#CCCC(=O)OCN(C(=O)[C@H](CCc1ccccc1)CC(=O)CN1CCOCC1)[C@@H](CC(C)C)C(=O)C[C@@H](Cc1ccccc1)C(=O)N[C@@H](CC(C)C)C(=O)[C@@]1(C)CO1. The zero-order chi connectivity index (χ0) is 43.7. The Labute approximate surface area is 356 Å². The van der Waals surface area contributed by atoms with Gasteiger partial charge in [0.1, 0.15) is 11.4 Å². The first kappa shape index (κ1) is 48.0. The summed E-state index contributed by atoms with van der Waals surface area (Å²) in [6.45, 7) is 11.7. The number of carbonyl (C=O) groups is 6. The standard InChI is InChI=1S/C48H65N3O9/c1-7-8-19-44(54)59-33-51(47(57)38(21-20-36-15-11-9-12-16-36)29-40(52)31-50-22-24-58-25-23-50)42(27-35(4)5)43(53)30-39(28-37-17-13-10-14-18-37)46(56)49-41(26-34(2)3)45(55)48(6)32-60-48/h1,9-18,34-35,38-39,41-42H,8,19-33H2,2-6H3,(H,49,56)/t38-,39-,41+,42+,48-/m1/s1. The van der Waals surface area contributed by atoms with Crippen molar-refractivity contribution < 1.29 is 43.0 Å². The number of carbonyl (C=O) groups excluding carboxylic acids is 6. The highest BCUT2D eigenvalue weighted by molar-refractivity contribution is 5.98. The van der Waals surface area contributed by atoms with Gasteiger partial charge in [-0.3, -0.25) is 38.6 Å². The van der Waals surface area contributed by atoms with Crippen LogP contribution in [0, 0.1) is 36.0 Å². The predicted octanol–water partition coefficient (Wildman–Crippen LogP) is 5.39. The van der Waals surface area contributed by atoms with E-state index < -0.39 is 59.8 Å². The minimum atomic E-state index is -1.09. The number of terminal acetylenes is 1. The van der Waals surface area contributed by atoms with Gasteiger partial charge in [-0.2, -0.15) is 0 Å². The highest BCUT2D eigenvalue weighted by Crippen LogP contribution is 2.30. The molecule has 2 aromatic rings. The van der Waals surface area contributed by atoms with E-state index in [9.17, 15) is 24.0 Å². The van der Waals surface area contributed by atoms with E-state index in [-0.39, 0.29) is 75.1 Å². The number of benzene rings is 2. The van der Waals surface area contributed by atoms with Crippen LogP contribution >= 0.6 is 0 Å². The van der Waals surface area contributed by atoms with Crippen molar-refractivity contribution in [2.45, 2.75) is 110 Å². The number of nitrogens with one attached hydrogen (secondary N) is 1. The van der Waals surface area contributed by atoms with Crippen molar-refractivity contribution in [3.05, 3.63) is 71.8 Å². The van der Waals surface area contributed by atoms with Gasteiger partial charge in [0.25, 0.3) is 0 Å². The first-order valence-corrected chi connectivity index (χ1v) is 21.5. The number of epoxide rings is 1. The fourth-order valence-corrected chi connectivity index (χ4v) is 7.60. The molecule has 12 heteroatoms. The number of morpholine rings is 1. The van der Waals surface area contributed by atoms with Crippen molar-refractivity contribution in [1.82, 2.24) is 15.1 Å². The van der Waals surface area contributed by atoms with Crippen LogP contribution in [-0.2, 0) is 55.8 Å². The van der Waals surface area contributed by atoms with E-state index in [4.69, 9.17) is 20.6 Å². The molecule has 4 rings (SSSR count). The van der Waals surface area contributed by atoms with Gasteiger partial charge in [-0.05, 0) is 62.0 Å². The smallest absolute Gasteiger partial charge is 0.308 e. The molecule has 2 aliphatic heterocycles. The molecule has 2 saturated heterocycles. The minimum absolute atomic E-state index is 0.0694. The molecule has 2 aromatic carbocycles. The predicted molar refractivity (Wildman–Crippen MR) is 228 cm³/mol. The third-order valence-electron chi connectivity index (χ3n) is 11.1. The number of Topliss-reactive ketones (excluding diaryl/α,β-unsaturated/α-hetero) is 3. The topological polar surface area (TPSA) is 152 Å². The molecule has 5 atom stereocenters. The summed E-state index contributed by atoms with van der Waals surface area (Å²) in [4.78, 5) is 87.7. The highest BCUT2D eigenvalue weighted by Gasteiger charge is 2.50. The van der Waals surface area contributed by atoms with Gasteiger partial charge in [-0.1, -0.05) is 88.4 Å². The minimum Gasteiger partial charge on any atom is -0.444 e. The van der Waals surface area contributed by atoms with Gasteiger partial charge in [0.2, 0.25) is 11.8 Å². The van der Waals surface area contributed by atoms with Gasteiger partial charge in [0.15, 0.2) is 18.3 Å². The third-order valence-corrected chi connectivity index (χ3v) is 11.1. The van der Waals surface area contributed by atoms with Crippen LogP contribution in [0.5, 0.6) is 0 Å². The first-order valence-electron chi connectivity index (χ1n) is 21.5. The maximum atomic E-state index is 15.0. The molecule has 0 radical (unpaired) electrons. The van der Waals surface area contributed by atoms with Crippen LogP contribution in [0.1, 0.15) is 90.7 Å². The van der Waals surface area contributed by atoms with E-state index in [0.717, 1.165) is 11.1 Å². The molecule has 2 heterocycles. The average Bonchev–Trinajstić information content (AvgIpc) is 3.98. The second-order valence-electron chi connectivity index (χ2n) is 17.3. The third kappa shape index (κ3) is 15.7. The highest BCUT2D eigenvalue weighted by atomic mass is 16.6. The second kappa shape index (κ2) is 23.9. The number of ether oxygens (including phenoxy) is 3. The summed E-state index contributed by atoms with van der Waals surface area (Å²) in [5.41, 5.74) is 0.855. The van der Waals surface area contributed by atoms with Crippen molar-refractivity contribution >= 4 is 35.1 Å². The number of hydrogen-bond donors (Lipinski definition) is 1. The molecule has 1 N–H and O–H groups in total. The van der Waals surface area contributed by atoms with Crippen LogP contribution in [0.15, 0.2) is 60.7 Å². The lowest BCUT2D eigenvalue weighted by atomic mass is 9.86. The molecule has 0 saturated carbocycles. The monoisotopic (exact) mass is 827 g/mol. The van der Waals surface area contributed by atoms with Crippen LogP contribution in [0.3, 0.4) is 0 Å². The molecule has 2 aliphatic rings. The van der Waals surface area contributed by atoms with Crippen LogP contribution < -0.4 is 5.32 Å². The summed E-state index contributed by atoms with van der Waals surface area (Å²) in [5, 5.41) is 2.98. The van der Waals surface area contributed by atoms with Gasteiger partial charge < -0.3 is 19.5 Å². The lowest BCUT2D eigenvalue weighted by Crippen LogP contribution is -2.52. The largest absolute Gasteiger partial charge is 0.444 e. The van der Waals surface area contributed by atoms with Gasteiger partial charge in [-0.25, -0.2) is 0 Å². The molecule has 0 unspecified atom stereocenters. The van der Waals surface area contributed by atoms with Crippen LogP contribution in [0.4, 0.5) is 0 Å². The first-order chi connectivity index (χ1) is 28.7. The van der Waals surface area contributed by atoms with Crippen LogP contribution in [0.2, 0.25) is 0 Å². The molecule has 2 amide bonds. The van der Waals surface area contributed by atoms with Crippen molar-refractivity contribution in [2.75, 3.05) is 46.2 Å². The average molecular weight is 828 g/mol. The summed E-state index contributed by atoms with van der Waals surface area (Å²) < 4.78 is 16.6. The summed E-state index contributed by atoms with van der Waals surface area (Å²) >= 11 is 0. The number of esters is 1. The van der Waals surface area contributed by atoms with Gasteiger partial charge in [0, 0.05) is 44.2 Å². The van der Waals surface area contributed by atoms with E-state index in [2.05, 4.69) is 11.2 Å². The maximum Gasteiger partial charge on any atom is 0.308 e. The Bertz CT molecular complexity index is 1760. The number of hydrogen-bond acceptors (Lipinski definition) is 10. The van der Waals surface area contributed by atoms with Crippen molar-refractivity contribution in [2.24, 2.45) is 23.7 Å². The Kier molecular flexibility index (Phi) is 19.1. The molecule has 2 fully saturated rings. The molecule has 326 valence electrons. The number of nitrogens with zero attached hydrogens (tertiary/aromatic N) is 2. The van der Waals surface area contributed by atoms with E-state index in [1.165, 1.54) is 4.90 Å². The molecule has 12 nitrogen and oxygen atoms in total. The fourth-order valence-electron chi connectivity index (χ4n) is 7.60. The number of aryl methyl sites for hydroxylation is 1.